The minimum absolute atomic E-state index is 0.500. The van der Waals surface area contributed by atoms with Crippen LogP contribution in [-0.2, 0) is 28.6 Å². The summed E-state index contributed by atoms with van der Waals surface area (Å²) >= 11 is 0. The smallest absolute Gasteiger partial charge is 0.262 e. The third kappa shape index (κ3) is 20.8. The molecule has 50 heteroatoms. The largest absolute Gasteiger partial charge is 0.458 e. The van der Waals surface area contributed by atoms with Gasteiger partial charge in [0.05, 0.1) is 14.4 Å². The summed E-state index contributed by atoms with van der Waals surface area (Å²) in [6, 6.07) is 0. The maximum absolute atomic E-state index is 14.0. The SMILES string of the molecule is CC(F)(F)C(F)(F)OC(F)(F)C(F)(F)C(F)(F)CF.CC(F)(F)C(F)(F)OC(F)(F)C(F)(OC(F)(F)C(F)(F)C(F)(F)C(F)(F)OC(F)(C(F)(F)F)C(F)(F)OC(F)(F)CF)C(F)(F)F.CCC.CF.CF.FCC(F)(F)OF. The third-order valence-electron chi connectivity index (χ3n) is 6.37. The second-order valence-electron chi connectivity index (χ2n) is 13.0. The lowest BCUT2D eigenvalue weighted by Crippen LogP contribution is -2.71. The molecule has 2 unspecified atom stereocenters. The first-order valence-electron chi connectivity index (χ1n) is 17.4. The van der Waals surface area contributed by atoms with Crippen LogP contribution in [-0.4, -0.2) is 149 Å². The van der Waals surface area contributed by atoms with Crippen LogP contribution in [0, 0.1) is 0 Å². The van der Waals surface area contributed by atoms with E-state index in [1.165, 1.54) is 15.9 Å². The van der Waals surface area contributed by atoms with Gasteiger partial charge in [0.25, 0.3) is 0 Å². The van der Waals surface area contributed by atoms with E-state index in [-0.39, 0.29) is 0 Å². The van der Waals surface area contributed by atoms with Crippen LogP contribution in [0.25, 0.3) is 0 Å². The average molecular weight is 1310 g/mol. The lowest BCUT2D eigenvalue weighted by atomic mass is 10.1. The number of hydrogen-bond acceptors (Lipinski definition) is 6. The van der Waals surface area contributed by atoms with Gasteiger partial charge in [0, 0.05) is 13.8 Å². The van der Waals surface area contributed by atoms with Gasteiger partial charge in [-0.25, -0.2) is 27.4 Å². The molecule has 0 aromatic heterocycles. The summed E-state index contributed by atoms with van der Waals surface area (Å²) in [5.41, 5.74) is 0. The molecule has 0 bridgehead atoms. The summed E-state index contributed by atoms with van der Waals surface area (Å²) in [5, 5.41) is 0. The molecular weight excluding hydrogens is 1280 g/mol. The van der Waals surface area contributed by atoms with Gasteiger partial charge in [-0.05, 0) is 4.53 Å². The zero-order valence-electron chi connectivity index (χ0n) is 37.4. The molecule has 0 saturated carbocycles. The van der Waals surface area contributed by atoms with E-state index in [0.717, 1.165) is 9.47 Å². The number of hydrogen-bond donors (Lipinski definition) is 0. The summed E-state index contributed by atoms with van der Waals surface area (Å²) in [6.45, 7) is -6.90. The third-order valence-corrected chi connectivity index (χ3v) is 6.37. The van der Waals surface area contributed by atoms with Crippen LogP contribution >= 0.6 is 0 Å². The summed E-state index contributed by atoms with van der Waals surface area (Å²) in [6.07, 6.45) is -80.3. The summed E-state index contributed by atoms with van der Waals surface area (Å²) < 4.78 is 559. The van der Waals surface area contributed by atoms with E-state index in [4.69, 9.17) is 0 Å². The lowest BCUT2D eigenvalue weighted by Gasteiger charge is -2.42. The fourth-order valence-corrected chi connectivity index (χ4v) is 2.64. The van der Waals surface area contributed by atoms with Gasteiger partial charge in [0.1, 0.15) is 0 Å². The molecule has 0 saturated heterocycles. The van der Waals surface area contributed by atoms with Gasteiger partial charge in [-0.3, -0.25) is 18.3 Å². The molecule has 0 aliphatic rings. The van der Waals surface area contributed by atoms with Crippen molar-refractivity contribution in [1.82, 2.24) is 0 Å². The minimum atomic E-state index is -9.18. The maximum Gasteiger partial charge on any atom is 0.458 e. The molecular formula is C29H26F44O6. The number of halogens is 44. The molecule has 0 spiro atoms. The molecule has 0 aliphatic heterocycles. The Bertz CT molecular complexity index is 1730. The average Bonchev–Trinajstić information content (AvgIpc) is 3.22. The van der Waals surface area contributed by atoms with E-state index in [1.54, 1.807) is 0 Å². The predicted molar refractivity (Wildman–Crippen MR) is 161 cm³/mol. The van der Waals surface area contributed by atoms with Crippen LogP contribution in [0.1, 0.15) is 34.1 Å². The first-order chi connectivity index (χ1) is 33.9. The topological polar surface area (TPSA) is 55.4 Å². The van der Waals surface area contributed by atoms with Crippen LogP contribution in [0.4, 0.5) is 193 Å². The summed E-state index contributed by atoms with van der Waals surface area (Å²) in [5.74, 6) is -59.8. The molecule has 0 radical (unpaired) electrons. The number of rotatable bonds is 23. The normalized spacial score (nSPS) is 16.2. The first-order valence-corrected chi connectivity index (χ1v) is 17.4. The Morgan fingerprint density at radius 2 is 0.494 bits per heavy atom. The number of alkyl halides is 43. The van der Waals surface area contributed by atoms with Crippen molar-refractivity contribution in [3.8, 4) is 0 Å². The van der Waals surface area contributed by atoms with Crippen molar-refractivity contribution in [3.05, 3.63) is 0 Å². The zero-order chi connectivity index (χ0) is 66.6. The van der Waals surface area contributed by atoms with E-state index in [2.05, 4.69) is 13.8 Å². The number of ether oxygens (including phenoxy) is 5. The molecule has 79 heavy (non-hydrogen) atoms. The standard InChI is InChI=1S/C15H5F27O4.C7H5F11O.C3H8.C2H2F4O.2CH3F/c1-3(17,18)11(33,34)46-15(41,42)8(26,10(30,31)32)45-13(37,38)6(23,24)5(21,22)12(35,36)44-7(25,9(27,28)29)14(39,40)43-4(19,20)2-16;1-3(9,10)6(15,16)19-7(17,18)5(13,14)4(11,12)2-8;1-3-2;3-1-2(4,5)7-6;2*1-2/h2H2,1H3;2H2,1H3;3H2,1-2H3;1H2;2*1H3. The van der Waals surface area contributed by atoms with Gasteiger partial charge in [-0.1, -0.05) is 20.3 Å². The van der Waals surface area contributed by atoms with E-state index in [9.17, 15) is 193 Å². The molecule has 0 rings (SSSR count). The Morgan fingerprint density at radius 3 is 0.671 bits per heavy atom. The van der Waals surface area contributed by atoms with E-state index in [1.807, 2.05) is 9.68 Å². The summed E-state index contributed by atoms with van der Waals surface area (Å²) in [7, 11) is 1.00. The van der Waals surface area contributed by atoms with E-state index in [0.29, 0.717) is 14.4 Å². The van der Waals surface area contributed by atoms with E-state index >= 15 is 0 Å². The van der Waals surface area contributed by atoms with Gasteiger partial charge >= 0.3 is 115 Å². The highest BCUT2D eigenvalue weighted by Crippen LogP contribution is 2.61. The molecule has 0 fully saturated rings. The van der Waals surface area contributed by atoms with Crippen LogP contribution < -0.4 is 0 Å². The fraction of sp³-hybridized carbons (Fsp3) is 1.00. The van der Waals surface area contributed by atoms with Crippen molar-refractivity contribution in [2.75, 3.05) is 34.4 Å². The van der Waals surface area contributed by atoms with Gasteiger partial charge in [-0.15, -0.1) is 4.94 Å². The summed E-state index contributed by atoms with van der Waals surface area (Å²) in [4.78, 5) is 1.88. The minimum Gasteiger partial charge on any atom is -0.262 e. The molecule has 6 nitrogen and oxygen atoms in total. The van der Waals surface area contributed by atoms with Gasteiger partial charge in [0.2, 0.25) is 0 Å². The Kier molecular flexibility index (Phi) is 30.6. The van der Waals surface area contributed by atoms with Crippen molar-refractivity contribution in [2.45, 2.75) is 149 Å². The second-order valence-corrected chi connectivity index (χ2v) is 13.0. The second kappa shape index (κ2) is 27.8. The molecule has 0 N–H and O–H groups in total. The lowest BCUT2D eigenvalue weighted by molar-refractivity contribution is -0.573. The molecule has 0 amide bonds. The van der Waals surface area contributed by atoms with Gasteiger partial charge in [0.15, 0.2) is 20.0 Å². The monoisotopic (exact) mass is 1310 g/mol. The zero-order valence-corrected chi connectivity index (χ0v) is 37.4. The van der Waals surface area contributed by atoms with Crippen LogP contribution in [0.3, 0.4) is 0 Å². The molecule has 0 heterocycles. The molecule has 0 aromatic carbocycles. The van der Waals surface area contributed by atoms with Crippen molar-refractivity contribution in [3.63, 3.8) is 0 Å². The fourth-order valence-electron chi connectivity index (χ4n) is 2.64. The van der Waals surface area contributed by atoms with Crippen molar-refractivity contribution < 1.29 is 222 Å². The molecule has 486 valence electrons. The highest BCUT2D eigenvalue weighted by atomic mass is 19.4. The van der Waals surface area contributed by atoms with Crippen LogP contribution in [0.15, 0.2) is 0 Å². The quantitative estimate of drug-likeness (QED) is 0.0951. The maximum atomic E-state index is 14.0. The van der Waals surface area contributed by atoms with Crippen molar-refractivity contribution in [2.24, 2.45) is 0 Å². The van der Waals surface area contributed by atoms with Crippen molar-refractivity contribution >= 4 is 0 Å². The first kappa shape index (κ1) is 86.9. The molecule has 0 aromatic rings. The van der Waals surface area contributed by atoms with Crippen molar-refractivity contribution in [1.29, 1.82) is 0 Å². The predicted octanol–water partition coefficient (Wildman–Crippen LogP) is 17.1. The Hall–Kier alpha value is -3.32. The van der Waals surface area contributed by atoms with Gasteiger partial charge in [-0.2, -0.15) is 167 Å². The van der Waals surface area contributed by atoms with Crippen LogP contribution in [0.5, 0.6) is 0 Å². The Balaban J connectivity index is -0.000000328. The molecule has 0 aliphatic carbocycles. The Morgan fingerprint density at radius 1 is 0.278 bits per heavy atom. The molecule has 2 atom stereocenters. The highest BCUT2D eigenvalue weighted by molar-refractivity contribution is 5.02. The van der Waals surface area contributed by atoms with E-state index < -0.39 is 148 Å². The highest BCUT2D eigenvalue weighted by Gasteiger charge is 2.90. The van der Waals surface area contributed by atoms with Gasteiger partial charge < -0.3 is 0 Å². The van der Waals surface area contributed by atoms with Crippen LogP contribution in [0.2, 0.25) is 0 Å². The Labute approximate surface area is 406 Å².